The van der Waals surface area contributed by atoms with Gasteiger partial charge in [-0.2, -0.15) is 5.10 Å². The van der Waals surface area contributed by atoms with Gasteiger partial charge in [0.05, 0.1) is 17.6 Å². The molecule has 2 heterocycles. The van der Waals surface area contributed by atoms with E-state index in [-0.39, 0.29) is 6.03 Å². The number of benzene rings is 2. The largest absolute Gasteiger partial charge is 0.333 e. The Kier molecular flexibility index (Phi) is 5.33. The second kappa shape index (κ2) is 8.39. The van der Waals surface area contributed by atoms with Crippen molar-refractivity contribution in [3.05, 3.63) is 97.1 Å². The number of urea groups is 1. The Morgan fingerprint density at radius 1 is 0.931 bits per heavy atom. The Labute approximate surface area is 169 Å². The number of rotatable bonds is 5. The fourth-order valence-electron chi connectivity index (χ4n) is 3.11. The number of amides is 2. The van der Waals surface area contributed by atoms with E-state index in [9.17, 15) is 4.79 Å². The summed E-state index contributed by atoms with van der Waals surface area (Å²) in [6.07, 6.45) is 7.29. The maximum Gasteiger partial charge on any atom is 0.326 e. The van der Waals surface area contributed by atoms with Crippen LogP contribution in [0.4, 0.5) is 16.2 Å². The van der Waals surface area contributed by atoms with Crippen LogP contribution in [-0.4, -0.2) is 20.8 Å². The molecule has 0 bridgehead atoms. The number of pyridine rings is 1. The van der Waals surface area contributed by atoms with Crippen molar-refractivity contribution in [3.8, 4) is 11.1 Å². The molecule has 1 N–H and O–H groups in total. The fraction of sp³-hybridized carbons (Fsp3) is 0.0870. The second-order valence-corrected chi connectivity index (χ2v) is 6.65. The number of aryl methyl sites for hydroxylation is 1. The van der Waals surface area contributed by atoms with Crippen molar-refractivity contribution in [1.29, 1.82) is 0 Å². The van der Waals surface area contributed by atoms with Gasteiger partial charge < -0.3 is 5.32 Å². The SMILES string of the molecule is Cn1cc(-c2cncc(CNC(=O)N(c3ccccc3)c3ccccc3)c2)cn1. The minimum atomic E-state index is -0.200. The molecule has 0 saturated carbocycles. The molecule has 0 unspecified atom stereocenters. The van der Waals surface area contributed by atoms with Crippen molar-refractivity contribution in [1.82, 2.24) is 20.1 Å². The number of para-hydroxylation sites is 2. The molecule has 4 aromatic rings. The van der Waals surface area contributed by atoms with E-state index in [2.05, 4.69) is 15.4 Å². The van der Waals surface area contributed by atoms with Crippen molar-refractivity contribution in [2.45, 2.75) is 6.54 Å². The number of nitrogens with one attached hydrogen (secondary N) is 1. The smallest absolute Gasteiger partial charge is 0.326 e. The fourth-order valence-corrected chi connectivity index (χ4v) is 3.11. The minimum absolute atomic E-state index is 0.200. The van der Waals surface area contributed by atoms with Gasteiger partial charge in [-0.1, -0.05) is 36.4 Å². The molecule has 29 heavy (non-hydrogen) atoms. The summed E-state index contributed by atoms with van der Waals surface area (Å²) in [5, 5.41) is 7.21. The summed E-state index contributed by atoms with van der Waals surface area (Å²) in [7, 11) is 1.88. The van der Waals surface area contributed by atoms with Crippen molar-refractivity contribution in [2.75, 3.05) is 4.90 Å². The molecule has 0 aliphatic rings. The maximum atomic E-state index is 13.1. The molecule has 0 spiro atoms. The van der Waals surface area contributed by atoms with Gasteiger partial charge in [0.15, 0.2) is 0 Å². The Morgan fingerprint density at radius 2 is 1.59 bits per heavy atom. The summed E-state index contributed by atoms with van der Waals surface area (Å²) in [5.74, 6) is 0. The summed E-state index contributed by atoms with van der Waals surface area (Å²) in [6, 6.07) is 21.0. The summed E-state index contributed by atoms with van der Waals surface area (Å²) in [5.41, 5.74) is 4.48. The number of nitrogens with zero attached hydrogens (tertiary/aromatic N) is 4. The molecule has 0 saturated heterocycles. The lowest BCUT2D eigenvalue weighted by atomic mass is 10.1. The summed E-state index contributed by atoms with van der Waals surface area (Å²) < 4.78 is 1.75. The second-order valence-electron chi connectivity index (χ2n) is 6.65. The molecule has 144 valence electrons. The minimum Gasteiger partial charge on any atom is -0.333 e. The molecular weight excluding hydrogens is 362 g/mol. The van der Waals surface area contributed by atoms with Crippen LogP contribution in [0.5, 0.6) is 0 Å². The summed E-state index contributed by atoms with van der Waals surface area (Å²) in [4.78, 5) is 19.0. The highest BCUT2D eigenvalue weighted by Crippen LogP contribution is 2.25. The normalized spacial score (nSPS) is 10.5. The first-order valence-corrected chi connectivity index (χ1v) is 9.32. The molecule has 6 heteroatoms. The van der Waals surface area contributed by atoms with E-state index >= 15 is 0 Å². The number of hydrogen-bond acceptors (Lipinski definition) is 3. The van der Waals surface area contributed by atoms with Crippen LogP contribution < -0.4 is 10.2 Å². The van der Waals surface area contributed by atoms with Crippen LogP contribution >= 0.6 is 0 Å². The molecular formula is C23H21N5O. The molecule has 0 radical (unpaired) electrons. The number of hydrogen-bond donors (Lipinski definition) is 1. The number of carbonyl (C=O) groups excluding carboxylic acids is 1. The molecule has 0 fully saturated rings. The van der Waals surface area contributed by atoms with Crippen molar-refractivity contribution in [3.63, 3.8) is 0 Å². The van der Waals surface area contributed by atoms with E-state index in [0.29, 0.717) is 6.54 Å². The summed E-state index contributed by atoms with van der Waals surface area (Å²) >= 11 is 0. The lowest BCUT2D eigenvalue weighted by molar-refractivity contribution is 0.248. The summed E-state index contributed by atoms with van der Waals surface area (Å²) in [6.45, 7) is 0.371. The first-order chi connectivity index (χ1) is 14.2. The molecule has 4 rings (SSSR count). The first-order valence-electron chi connectivity index (χ1n) is 9.32. The van der Waals surface area contributed by atoms with Crippen molar-refractivity contribution in [2.24, 2.45) is 7.05 Å². The Hall–Kier alpha value is -3.93. The standard InChI is InChI=1S/C23H21N5O/c1-27-17-20(16-26-27)19-12-18(13-24-15-19)14-25-23(29)28(21-8-4-2-5-9-21)22-10-6-3-7-11-22/h2-13,15-17H,14H2,1H3,(H,25,29). The third-order valence-electron chi connectivity index (χ3n) is 4.51. The van der Waals surface area contributed by atoms with E-state index in [1.54, 1.807) is 28.2 Å². The van der Waals surface area contributed by atoms with Crippen LogP contribution in [-0.2, 0) is 13.6 Å². The van der Waals surface area contributed by atoms with E-state index in [1.165, 1.54) is 0 Å². The highest BCUT2D eigenvalue weighted by atomic mass is 16.2. The lowest BCUT2D eigenvalue weighted by Crippen LogP contribution is -2.36. The van der Waals surface area contributed by atoms with Gasteiger partial charge in [-0.15, -0.1) is 0 Å². The van der Waals surface area contributed by atoms with Crippen LogP contribution in [0.2, 0.25) is 0 Å². The third kappa shape index (κ3) is 4.32. The molecule has 2 aromatic carbocycles. The van der Waals surface area contributed by atoms with E-state index in [0.717, 1.165) is 28.1 Å². The van der Waals surface area contributed by atoms with E-state index in [4.69, 9.17) is 0 Å². The third-order valence-corrected chi connectivity index (χ3v) is 4.51. The van der Waals surface area contributed by atoms with Gasteiger partial charge in [-0.3, -0.25) is 14.6 Å². The van der Waals surface area contributed by atoms with Crippen LogP contribution in [0.1, 0.15) is 5.56 Å². The number of aromatic nitrogens is 3. The van der Waals surface area contributed by atoms with Crippen LogP contribution in [0.3, 0.4) is 0 Å². The zero-order valence-electron chi connectivity index (χ0n) is 16.1. The average molecular weight is 383 g/mol. The van der Waals surface area contributed by atoms with Crippen molar-refractivity contribution >= 4 is 17.4 Å². The van der Waals surface area contributed by atoms with Crippen LogP contribution in [0, 0.1) is 0 Å². The quantitative estimate of drug-likeness (QED) is 0.551. The van der Waals surface area contributed by atoms with Gasteiger partial charge in [0.25, 0.3) is 0 Å². The zero-order chi connectivity index (χ0) is 20.1. The maximum absolute atomic E-state index is 13.1. The van der Waals surface area contributed by atoms with E-state index < -0.39 is 0 Å². The first kappa shape index (κ1) is 18.4. The molecule has 2 amide bonds. The molecule has 0 atom stereocenters. The van der Waals surface area contributed by atoms with E-state index in [1.807, 2.05) is 80.0 Å². The lowest BCUT2D eigenvalue weighted by Gasteiger charge is -2.23. The predicted molar refractivity (Wildman–Crippen MR) is 114 cm³/mol. The molecule has 2 aromatic heterocycles. The average Bonchev–Trinajstić information content (AvgIpc) is 3.21. The molecule has 0 aliphatic carbocycles. The Bertz CT molecular complexity index is 1050. The topological polar surface area (TPSA) is 63.1 Å². The zero-order valence-corrected chi connectivity index (χ0v) is 16.1. The number of carbonyl (C=O) groups is 1. The van der Waals surface area contributed by atoms with Gasteiger partial charge in [-0.05, 0) is 35.9 Å². The van der Waals surface area contributed by atoms with Gasteiger partial charge >= 0.3 is 6.03 Å². The van der Waals surface area contributed by atoms with Crippen LogP contribution in [0.25, 0.3) is 11.1 Å². The Morgan fingerprint density at radius 3 is 2.17 bits per heavy atom. The highest BCUT2D eigenvalue weighted by Gasteiger charge is 2.17. The Balaban J connectivity index is 1.53. The molecule has 0 aliphatic heterocycles. The van der Waals surface area contributed by atoms with Crippen molar-refractivity contribution < 1.29 is 4.79 Å². The highest BCUT2D eigenvalue weighted by molar-refractivity contribution is 5.99. The number of anilines is 2. The van der Waals surface area contributed by atoms with Crippen LogP contribution in [0.15, 0.2) is 91.5 Å². The van der Waals surface area contributed by atoms with Gasteiger partial charge in [0, 0.05) is 43.3 Å². The van der Waals surface area contributed by atoms with Gasteiger partial charge in [0.2, 0.25) is 0 Å². The van der Waals surface area contributed by atoms with Gasteiger partial charge in [-0.25, -0.2) is 4.79 Å². The predicted octanol–water partition coefficient (Wildman–Crippen LogP) is 4.53. The van der Waals surface area contributed by atoms with Gasteiger partial charge in [0.1, 0.15) is 0 Å². The molecule has 6 nitrogen and oxygen atoms in total. The monoisotopic (exact) mass is 383 g/mol.